The molecule has 1 atom stereocenters. The van der Waals surface area contributed by atoms with Gasteiger partial charge in [0.1, 0.15) is 0 Å². The van der Waals surface area contributed by atoms with E-state index in [0.717, 1.165) is 30.2 Å². The van der Waals surface area contributed by atoms with Crippen LogP contribution in [0.3, 0.4) is 0 Å². The average Bonchev–Trinajstić information content (AvgIpc) is 2.46. The molecule has 4 heteroatoms. The van der Waals surface area contributed by atoms with Gasteiger partial charge in [0.25, 0.3) is 0 Å². The van der Waals surface area contributed by atoms with E-state index < -0.39 is 0 Å². The lowest BCUT2D eigenvalue weighted by molar-refractivity contribution is -0.125. The molecule has 1 aliphatic rings. The van der Waals surface area contributed by atoms with Crippen LogP contribution in [0.2, 0.25) is 0 Å². The summed E-state index contributed by atoms with van der Waals surface area (Å²) in [6.07, 6.45) is 0. The van der Waals surface area contributed by atoms with Gasteiger partial charge in [0.2, 0.25) is 5.91 Å². The average molecular weight is 278 g/mol. The fourth-order valence-corrected chi connectivity index (χ4v) is 3.10. The van der Waals surface area contributed by atoms with Gasteiger partial charge in [-0.3, -0.25) is 9.69 Å². The van der Waals surface area contributed by atoms with Gasteiger partial charge >= 0.3 is 0 Å². The summed E-state index contributed by atoms with van der Waals surface area (Å²) < 4.78 is 0. The summed E-state index contributed by atoms with van der Waals surface area (Å²) in [6, 6.07) is 8.26. The lowest BCUT2D eigenvalue weighted by Gasteiger charge is -2.31. The largest absolute Gasteiger partial charge is 0.351 e. The molecule has 2 rings (SSSR count). The van der Waals surface area contributed by atoms with E-state index in [4.69, 9.17) is 0 Å². The summed E-state index contributed by atoms with van der Waals surface area (Å²) in [7, 11) is 0. The number of thioether (sulfide) groups is 1. The number of rotatable bonds is 4. The Morgan fingerprint density at radius 2 is 1.95 bits per heavy atom. The maximum absolute atomic E-state index is 12.1. The maximum atomic E-state index is 12.1. The van der Waals surface area contributed by atoms with E-state index in [1.165, 1.54) is 5.56 Å². The molecular formula is C15H22N2OS. The normalized spacial score (nSPS) is 18.0. The first-order valence-corrected chi connectivity index (χ1v) is 7.97. The summed E-state index contributed by atoms with van der Waals surface area (Å²) in [5.41, 5.74) is 2.40. The molecule has 0 spiro atoms. The van der Waals surface area contributed by atoms with Gasteiger partial charge in [-0.15, -0.1) is 0 Å². The number of carbonyl (C=O) groups is 1. The summed E-state index contributed by atoms with van der Waals surface area (Å²) >= 11 is 1.97. The van der Waals surface area contributed by atoms with E-state index in [9.17, 15) is 4.79 Å². The summed E-state index contributed by atoms with van der Waals surface area (Å²) in [5.74, 6) is 2.40. The van der Waals surface area contributed by atoms with Crippen LogP contribution in [0.4, 0.5) is 0 Å². The summed E-state index contributed by atoms with van der Waals surface area (Å²) in [6.45, 7) is 6.72. The Bertz CT molecular complexity index is 413. The minimum absolute atomic E-state index is 0.0219. The highest BCUT2D eigenvalue weighted by atomic mass is 32.2. The van der Waals surface area contributed by atoms with Crippen molar-refractivity contribution in [1.29, 1.82) is 0 Å². The van der Waals surface area contributed by atoms with Gasteiger partial charge in [-0.2, -0.15) is 11.8 Å². The summed E-state index contributed by atoms with van der Waals surface area (Å²) in [4.78, 5) is 14.4. The SMILES string of the molecule is Cc1ccc(CNC(=O)C(C)N2CCSCC2)cc1. The zero-order chi connectivity index (χ0) is 13.7. The van der Waals surface area contributed by atoms with Crippen LogP contribution >= 0.6 is 11.8 Å². The van der Waals surface area contributed by atoms with Crippen molar-refractivity contribution in [2.75, 3.05) is 24.6 Å². The van der Waals surface area contributed by atoms with E-state index in [2.05, 4.69) is 41.4 Å². The molecule has 0 saturated carbocycles. The molecule has 1 aromatic rings. The van der Waals surface area contributed by atoms with Gasteiger partial charge in [0.05, 0.1) is 6.04 Å². The highest BCUT2D eigenvalue weighted by molar-refractivity contribution is 7.99. The molecule has 3 nitrogen and oxygen atoms in total. The zero-order valence-electron chi connectivity index (χ0n) is 11.7. The monoisotopic (exact) mass is 278 g/mol. The maximum Gasteiger partial charge on any atom is 0.237 e. The molecule has 104 valence electrons. The fraction of sp³-hybridized carbons (Fsp3) is 0.533. The minimum atomic E-state index is -0.0219. The van der Waals surface area contributed by atoms with Gasteiger partial charge in [0, 0.05) is 31.1 Å². The lowest BCUT2D eigenvalue weighted by Crippen LogP contribution is -2.48. The van der Waals surface area contributed by atoms with E-state index in [-0.39, 0.29) is 11.9 Å². The number of amides is 1. The molecule has 19 heavy (non-hydrogen) atoms. The van der Waals surface area contributed by atoms with Crippen LogP contribution in [0.25, 0.3) is 0 Å². The van der Waals surface area contributed by atoms with Crippen molar-refractivity contribution in [3.63, 3.8) is 0 Å². The molecule has 0 aromatic heterocycles. The number of hydrogen-bond acceptors (Lipinski definition) is 3. The Morgan fingerprint density at radius 1 is 1.32 bits per heavy atom. The van der Waals surface area contributed by atoms with Gasteiger partial charge < -0.3 is 5.32 Å². The third kappa shape index (κ3) is 4.25. The Balaban J connectivity index is 1.81. The molecule has 0 radical (unpaired) electrons. The molecule has 1 aromatic carbocycles. The first-order valence-electron chi connectivity index (χ1n) is 6.82. The molecule has 0 aliphatic carbocycles. The van der Waals surface area contributed by atoms with E-state index in [0.29, 0.717) is 6.54 Å². The van der Waals surface area contributed by atoms with Crippen LogP contribution in [0.5, 0.6) is 0 Å². The van der Waals surface area contributed by atoms with Crippen molar-refractivity contribution in [2.24, 2.45) is 0 Å². The minimum Gasteiger partial charge on any atom is -0.351 e. The van der Waals surface area contributed by atoms with Crippen molar-refractivity contribution in [1.82, 2.24) is 10.2 Å². The van der Waals surface area contributed by atoms with Crippen LogP contribution in [0.15, 0.2) is 24.3 Å². The predicted octanol–water partition coefficient (Wildman–Crippen LogP) is 2.05. The number of nitrogens with one attached hydrogen (secondary N) is 1. The Hall–Kier alpha value is -1.00. The highest BCUT2D eigenvalue weighted by Gasteiger charge is 2.22. The van der Waals surface area contributed by atoms with Crippen molar-refractivity contribution >= 4 is 17.7 Å². The van der Waals surface area contributed by atoms with E-state index >= 15 is 0 Å². The van der Waals surface area contributed by atoms with Crippen LogP contribution in [-0.2, 0) is 11.3 Å². The molecule has 1 heterocycles. The standard InChI is InChI=1S/C15H22N2OS/c1-12-3-5-14(6-4-12)11-16-15(18)13(2)17-7-9-19-10-8-17/h3-6,13H,7-11H2,1-2H3,(H,16,18). The Labute approximate surface area is 119 Å². The molecule has 1 unspecified atom stereocenters. The van der Waals surface area contributed by atoms with Crippen molar-refractivity contribution < 1.29 is 4.79 Å². The molecule has 1 fully saturated rings. The predicted molar refractivity (Wildman–Crippen MR) is 81.4 cm³/mol. The third-order valence-corrected chi connectivity index (χ3v) is 4.50. The number of carbonyl (C=O) groups excluding carboxylic acids is 1. The molecule has 0 bridgehead atoms. The van der Waals surface area contributed by atoms with Crippen molar-refractivity contribution in [2.45, 2.75) is 26.4 Å². The smallest absolute Gasteiger partial charge is 0.237 e. The van der Waals surface area contributed by atoms with Gasteiger partial charge in [-0.25, -0.2) is 0 Å². The first-order chi connectivity index (χ1) is 9.16. The molecule has 1 aliphatic heterocycles. The van der Waals surface area contributed by atoms with Gasteiger partial charge in [-0.05, 0) is 19.4 Å². The van der Waals surface area contributed by atoms with E-state index in [1.54, 1.807) is 0 Å². The third-order valence-electron chi connectivity index (χ3n) is 3.56. The molecule has 1 saturated heterocycles. The quantitative estimate of drug-likeness (QED) is 0.915. The fourth-order valence-electron chi connectivity index (χ4n) is 2.17. The Morgan fingerprint density at radius 3 is 2.58 bits per heavy atom. The lowest BCUT2D eigenvalue weighted by atomic mass is 10.1. The second kappa shape index (κ2) is 6.96. The number of benzene rings is 1. The van der Waals surface area contributed by atoms with Gasteiger partial charge in [0.15, 0.2) is 0 Å². The van der Waals surface area contributed by atoms with Crippen molar-refractivity contribution in [3.05, 3.63) is 35.4 Å². The zero-order valence-corrected chi connectivity index (χ0v) is 12.5. The van der Waals surface area contributed by atoms with Crippen LogP contribution < -0.4 is 5.32 Å². The highest BCUT2D eigenvalue weighted by Crippen LogP contribution is 2.12. The topological polar surface area (TPSA) is 32.3 Å². The molecular weight excluding hydrogens is 256 g/mol. The number of nitrogens with zero attached hydrogens (tertiary/aromatic N) is 1. The summed E-state index contributed by atoms with van der Waals surface area (Å²) in [5, 5.41) is 3.03. The van der Waals surface area contributed by atoms with Crippen molar-refractivity contribution in [3.8, 4) is 0 Å². The van der Waals surface area contributed by atoms with Crippen LogP contribution in [0, 0.1) is 6.92 Å². The first kappa shape index (κ1) is 14.4. The second-order valence-corrected chi connectivity index (χ2v) is 6.25. The molecule has 1 N–H and O–H groups in total. The molecule has 1 amide bonds. The van der Waals surface area contributed by atoms with E-state index in [1.807, 2.05) is 18.7 Å². The number of hydrogen-bond donors (Lipinski definition) is 1. The number of aryl methyl sites for hydroxylation is 1. The van der Waals surface area contributed by atoms with Gasteiger partial charge in [-0.1, -0.05) is 29.8 Å². The van der Waals surface area contributed by atoms with Crippen LogP contribution in [-0.4, -0.2) is 41.4 Å². The second-order valence-electron chi connectivity index (χ2n) is 5.03. The Kier molecular flexibility index (Phi) is 5.28. The van der Waals surface area contributed by atoms with Crippen LogP contribution in [0.1, 0.15) is 18.1 Å².